The van der Waals surface area contributed by atoms with Crippen LogP contribution in [0.25, 0.3) is 0 Å². The summed E-state index contributed by atoms with van der Waals surface area (Å²) in [6, 6.07) is 7.89. The molecule has 11 heavy (non-hydrogen) atoms. The Bertz CT molecular complexity index is 226. The van der Waals surface area contributed by atoms with Gasteiger partial charge in [0, 0.05) is 31.8 Å². The van der Waals surface area contributed by atoms with Crippen LogP contribution in [-0.4, -0.2) is 9.55 Å². The first-order chi connectivity index (χ1) is 5.39. The molecule has 2 heteroatoms. The molecule has 2 aromatic rings. The molecule has 2 rings (SSSR count). The van der Waals surface area contributed by atoms with Crippen molar-refractivity contribution in [3.63, 3.8) is 0 Å². The first-order valence-electron chi connectivity index (χ1n) is 3.54. The van der Waals surface area contributed by atoms with Gasteiger partial charge in [-0.15, -0.1) is 0 Å². The Balaban J connectivity index is 0.000000112. The van der Waals surface area contributed by atoms with Gasteiger partial charge in [-0.05, 0) is 24.3 Å². The fraction of sp³-hybridized carbons (Fsp3) is 0.111. The van der Waals surface area contributed by atoms with E-state index < -0.39 is 0 Å². The molecule has 0 saturated heterocycles. The molecular weight excluding hydrogens is 136 g/mol. The second-order valence-electron chi connectivity index (χ2n) is 2.23. The Kier molecular flexibility index (Phi) is 3.06. The predicted molar refractivity (Wildman–Crippen MR) is 46.2 cm³/mol. The van der Waals surface area contributed by atoms with Gasteiger partial charge in [0.25, 0.3) is 0 Å². The van der Waals surface area contributed by atoms with E-state index in [0.29, 0.717) is 0 Å². The average Bonchev–Trinajstić information content (AvgIpc) is 2.57. The fourth-order valence-electron chi connectivity index (χ4n) is 0.698. The molecule has 0 radical (unpaired) electrons. The van der Waals surface area contributed by atoms with E-state index in [0.717, 1.165) is 0 Å². The zero-order valence-electron chi connectivity index (χ0n) is 6.57. The van der Waals surface area contributed by atoms with E-state index in [-0.39, 0.29) is 0 Å². The number of H-pyrrole nitrogens is 1. The van der Waals surface area contributed by atoms with Gasteiger partial charge in [-0.2, -0.15) is 0 Å². The summed E-state index contributed by atoms with van der Waals surface area (Å²) in [7, 11) is 2.00. The van der Waals surface area contributed by atoms with Crippen LogP contribution in [0.1, 0.15) is 0 Å². The molecule has 0 fully saturated rings. The van der Waals surface area contributed by atoms with Gasteiger partial charge in [-0.25, -0.2) is 0 Å². The van der Waals surface area contributed by atoms with Gasteiger partial charge in [-0.1, -0.05) is 0 Å². The maximum Gasteiger partial charge on any atom is 0.0106 e. The number of rotatable bonds is 0. The number of hydrogen-bond acceptors (Lipinski definition) is 0. The zero-order chi connectivity index (χ0) is 7.94. The molecule has 0 bridgehead atoms. The van der Waals surface area contributed by atoms with E-state index in [1.807, 2.05) is 60.7 Å². The molecule has 0 unspecified atom stereocenters. The van der Waals surface area contributed by atoms with Crippen molar-refractivity contribution in [2.24, 2.45) is 7.05 Å². The van der Waals surface area contributed by atoms with E-state index in [1.54, 1.807) is 0 Å². The molecule has 0 aliphatic rings. The van der Waals surface area contributed by atoms with Crippen molar-refractivity contribution in [1.82, 2.24) is 9.55 Å². The molecule has 0 saturated carbocycles. The van der Waals surface area contributed by atoms with Crippen LogP contribution in [0.15, 0.2) is 49.1 Å². The molecule has 0 aromatic carbocycles. The monoisotopic (exact) mass is 148 g/mol. The Morgan fingerprint density at radius 3 is 1.64 bits per heavy atom. The zero-order valence-corrected chi connectivity index (χ0v) is 6.57. The molecule has 1 N–H and O–H groups in total. The molecule has 0 aliphatic carbocycles. The van der Waals surface area contributed by atoms with Crippen LogP contribution in [0.4, 0.5) is 0 Å². The molecule has 2 nitrogen and oxygen atoms in total. The van der Waals surface area contributed by atoms with Gasteiger partial charge in [0.05, 0.1) is 0 Å². The predicted octanol–water partition coefficient (Wildman–Crippen LogP) is 2.04. The molecule has 58 valence electrons. The standard InChI is InChI=1S/C5H7N.C4H5N/c1-6-4-2-3-5-6;1-2-4-5-3-1/h2-5H,1H3;1-5H. The topological polar surface area (TPSA) is 20.7 Å². The van der Waals surface area contributed by atoms with Gasteiger partial charge in [-0.3, -0.25) is 0 Å². The number of aromatic amines is 1. The van der Waals surface area contributed by atoms with Crippen LogP contribution < -0.4 is 0 Å². The number of aryl methyl sites for hydroxylation is 1. The number of nitrogens with one attached hydrogen (secondary N) is 1. The smallest absolute Gasteiger partial charge is 0.0106 e. The molecule has 0 amide bonds. The van der Waals surface area contributed by atoms with Crippen molar-refractivity contribution in [1.29, 1.82) is 0 Å². The van der Waals surface area contributed by atoms with Crippen molar-refractivity contribution in [2.75, 3.05) is 0 Å². The Morgan fingerprint density at radius 2 is 1.45 bits per heavy atom. The van der Waals surface area contributed by atoms with Crippen molar-refractivity contribution >= 4 is 0 Å². The molecular formula is C9H12N2. The quantitative estimate of drug-likeness (QED) is 0.590. The number of hydrogen-bond donors (Lipinski definition) is 1. The van der Waals surface area contributed by atoms with Crippen molar-refractivity contribution in [2.45, 2.75) is 0 Å². The fourth-order valence-corrected chi connectivity index (χ4v) is 0.698. The van der Waals surface area contributed by atoms with Gasteiger partial charge in [0.1, 0.15) is 0 Å². The lowest BCUT2D eigenvalue weighted by molar-refractivity contribution is 0.928. The summed E-state index contributed by atoms with van der Waals surface area (Å²) in [4.78, 5) is 2.86. The summed E-state index contributed by atoms with van der Waals surface area (Å²) in [5.41, 5.74) is 0. The van der Waals surface area contributed by atoms with Gasteiger partial charge in [0.2, 0.25) is 0 Å². The first kappa shape index (κ1) is 7.66. The summed E-state index contributed by atoms with van der Waals surface area (Å²) in [5, 5.41) is 0. The minimum absolute atomic E-state index is 1.88. The van der Waals surface area contributed by atoms with Crippen LogP contribution >= 0.6 is 0 Å². The highest BCUT2D eigenvalue weighted by molar-refractivity contribution is 4.88. The molecule has 2 aromatic heterocycles. The summed E-state index contributed by atoms with van der Waals surface area (Å²) in [6.45, 7) is 0. The Morgan fingerprint density at radius 1 is 0.909 bits per heavy atom. The molecule has 0 spiro atoms. The highest BCUT2D eigenvalue weighted by atomic mass is 14.9. The highest BCUT2D eigenvalue weighted by Gasteiger charge is 1.68. The SMILES string of the molecule is Cn1cccc1.c1cc[nH]c1. The van der Waals surface area contributed by atoms with Crippen molar-refractivity contribution in [3.05, 3.63) is 49.1 Å². The average molecular weight is 148 g/mol. The van der Waals surface area contributed by atoms with Crippen LogP contribution in [0, 0.1) is 0 Å². The van der Waals surface area contributed by atoms with E-state index in [1.165, 1.54) is 0 Å². The summed E-state index contributed by atoms with van der Waals surface area (Å²) < 4.78 is 2.00. The van der Waals surface area contributed by atoms with Gasteiger partial charge in [0.15, 0.2) is 0 Å². The third-order valence-electron chi connectivity index (χ3n) is 1.25. The normalized spacial score (nSPS) is 8.45. The lowest BCUT2D eigenvalue weighted by atomic mass is 10.7. The second kappa shape index (κ2) is 4.39. The van der Waals surface area contributed by atoms with Gasteiger partial charge >= 0.3 is 0 Å². The van der Waals surface area contributed by atoms with Crippen LogP contribution in [0.3, 0.4) is 0 Å². The van der Waals surface area contributed by atoms with Crippen LogP contribution in [0.5, 0.6) is 0 Å². The Labute approximate surface area is 66.5 Å². The van der Waals surface area contributed by atoms with Crippen molar-refractivity contribution < 1.29 is 0 Å². The van der Waals surface area contributed by atoms with Gasteiger partial charge < -0.3 is 9.55 Å². The number of aromatic nitrogens is 2. The lowest BCUT2D eigenvalue weighted by Gasteiger charge is -1.79. The minimum Gasteiger partial charge on any atom is -0.368 e. The van der Waals surface area contributed by atoms with E-state index >= 15 is 0 Å². The van der Waals surface area contributed by atoms with Crippen LogP contribution in [0.2, 0.25) is 0 Å². The highest BCUT2D eigenvalue weighted by Crippen LogP contribution is 1.80. The maximum atomic E-state index is 2.86. The second-order valence-corrected chi connectivity index (χ2v) is 2.23. The van der Waals surface area contributed by atoms with Crippen molar-refractivity contribution in [3.8, 4) is 0 Å². The lowest BCUT2D eigenvalue weighted by Crippen LogP contribution is -1.75. The largest absolute Gasteiger partial charge is 0.368 e. The third kappa shape index (κ3) is 3.30. The first-order valence-corrected chi connectivity index (χ1v) is 3.54. The van der Waals surface area contributed by atoms with E-state index in [4.69, 9.17) is 0 Å². The summed E-state index contributed by atoms with van der Waals surface area (Å²) >= 11 is 0. The summed E-state index contributed by atoms with van der Waals surface area (Å²) in [5.74, 6) is 0. The van der Waals surface area contributed by atoms with E-state index in [2.05, 4.69) is 4.98 Å². The molecule has 0 atom stereocenters. The van der Waals surface area contributed by atoms with Crippen LogP contribution in [-0.2, 0) is 7.05 Å². The van der Waals surface area contributed by atoms with E-state index in [9.17, 15) is 0 Å². The molecule has 0 aliphatic heterocycles. The minimum atomic E-state index is 1.88. The summed E-state index contributed by atoms with van der Waals surface area (Å²) in [6.07, 6.45) is 7.75. The molecule has 2 heterocycles. The number of nitrogens with zero attached hydrogens (tertiary/aromatic N) is 1. The maximum absolute atomic E-state index is 2.86. The Hall–Kier alpha value is -1.44. The third-order valence-corrected chi connectivity index (χ3v) is 1.25.